The van der Waals surface area contributed by atoms with E-state index in [0.717, 1.165) is 11.1 Å². The third-order valence-electron chi connectivity index (χ3n) is 8.09. The molecule has 3 aromatic carbocycles. The van der Waals surface area contributed by atoms with Crippen molar-refractivity contribution in [3.63, 3.8) is 0 Å². The third kappa shape index (κ3) is 11.3. The van der Waals surface area contributed by atoms with Gasteiger partial charge >= 0.3 is 0 Å². The number of fused-ring (bicyclic) bond motifs is 1. The van der Waals surface area contributed by atoms with E-state index >= 15 is 0 Å². The first-order valence-corrected chi connectivity index (χ1v) is 16.9. The minimum Gasteiger partial charge on any atom is -0.493 e. The maximum Gasteiger partial charge on any atom is 0.255 e. The van der Waals surface area contributed by atoms with Crippen LogP contribution in [0.4, 0.5) is 0 Å². The van der Waals surface area contributed by atoms with Crippen molar-refractivity contribution in [3.8, 4) is 17.2 Å². The highest BCUT2D eigenvalue weighted by atomic mass is 16.5. The highest BCUT2D eigenvalue weighted by Gasteiger charge is 2.30. The quantitative estimate of drug-likeness (QED) is 0.213. The van der Waals surface area contributed by atoms with Crippen molar-refractivity contribution in [1.82, 2.24) is 21.3 Å². The first-order valence-electron chi connectivity index (χ1n) is 16.9. The number of aryl methyl sites for hydroxylation is 1. The summed E-state index contributed by atoms with van der Waals surface area (Å²) in [5.41, 5.74) is 2.09. The number of carbonyl (C=O) groups is 4. The molecule has 0 radical (unpaired) electrons. The molecule has 0 saturated carbocycles. The first-order chi connectivity index (χ1) is 23.7. The van der Waals surface area contributed by atoms with Gasteiger partial charge in [-0.1, -0.05) is 62.4 Å². The molecular formula is C38H48N4O7. The summed E-state index contributed by atoms with van der Waals surface area (Å²) in [6.07, 6.45) is 1.75. The average molecular weight is 673 g/mol. The van der Waals surface area contributed by atoms with Crippen LogP contribution in [0.5, 0.6) is 17.2 Å². The Morgan fingerprint density at radius 3 is 2.43 bits per heavy atom. The van der Waals surface area contributed by atoms with Crippen LogP contribution in [0.15, 0.2) is 72.8 Å². The van der Waals surface area contributed by atoms with E-state index in [0.29, 0.717) is 49.7 Å². The summed E-state index contributed by atoms with van der Waals surface area (Å²) >= 11 is 0. The molecule has 1 aliphatic rings. The van der Waals surface area contributed by atoms with Crippen LogP contribution < -0.4 is 35.5 Å². The van der Waals surface area contributed by atoms with E-state index in [1.165, 1.54) is 0 Å². The summed E-state index contributed by atoms with van der Waals surface area (Å²) in [6.45, 7) is 6.94. The van der Waals surface area contributed by atoms with Crippen LogP contribution in [0.2, 0.25) is 0 Å². The number of hydrogen-bond acceptors (Lipinski definition) is 7. The van der Waals surface area contributed by atoms with Crippen molar-refractivity contribution >= 4 is 23.6 Å². The van der Waals surface area contributed by atoms with Gasteiger partial charge in [0.1, 0.15) is 24.4 Å². The smallest absolute Gasteiger partial charge is 0.255 e. The second-order valence-electron chi connectivity index (χ2n) is 12.5. The lowest BCUT2D eigenvalue weighted by molar-refractivity contribution is -0.131. The lowest BCUT2D eigenvalue weighted by atomic mass is 10.0. The van der Waals surface area contributed by atoms with Crippen LogP contribution in [0, 0.1) is 5.92 Å². The number of amides is 4. The number of para-hydroxylation sites is 1. The highest BCUT2D eigenvalue weighted by Crippen LogP contribution is 2.28. The molecule has 49 heavy (non-hydrogen) atoms. The van der Waals surface area contributed by atoms with E-state index in [2.05, 4.69) is 21.3 Å². The number of hydrogen-bond donors (Lipinski definition) is 4. The first kappa shape index (κ1) is 36.8. The SMILES string of the molecule is CCOc1ccc(CCCNC(=O)[C@@H]2CC(=O)N[C@H](Cc3ccccc3)C(=O)N[C@H](CC(C)C)COc3ccccc3C(=O)N2)cc1OC. The molecule has 4 amide bonds. The largest absolute Gasteiger partial charge is 0.493 e. The number of methoxy groups -OCH3 is 1. The zero-order chi connectivity index (χ0) is 35.2. The second-order valence-corrected chi connectivity index (χ2v) is 12.5. The van der Waals surface area contributed by atoms with E-state index in [4.69, 9.17) is 14.2 Å². The van der Waals surface area contributed by atoms with Crippen LogP contribution in [-0.2, 0) is 27.2 Å². The van der Waals surface area contributed by atoms with E-state index in [-0.39, 0.29) is 42.9 Å². The average Bonchev–Trinajstić information content (AvgIpc) is 3.09. The Labute approximate surface area is 288 Å². The van der Waals surface area contributed by atoms with Gasteiger partial charge in [0.2, 0.25) is 17.7 Å². The Hall–Kier alpha value is -5.06. The van der Waals surface area contributed by atoms with Gasteiger partial charge in [0.15, 0.2) is 11.5 Å². The fourth-order valence-electron chi connectivity index (χ4n) is 5.72. The van der Waals surface area contributed by atoms with Gasteiger partial charge in [0.25, 0.3) is 5.91 Å². The van der Waals surface area contributed by atoms with Crippen LogP contribution in [-0.4, -0.2) is 68.6 Å². The molecule has 262 valence electrons. The lowest BCUT2D eigenvalue weighted by Crippen LogP contribution is -2.54. The second kappa shape index (κ2) is 18.5. The highest BCUT2D eigenvalue weighted by molar-refractivity contribution is 6.01. The molecule has 0 saturated heterocycles. The molecule has 0 unspecified atom stereocenters. The lowest BCUT2D eigenvalue weighted by Gasteiger charge is -2.27. The molecule has 11 nitrogen and oxygen atoms in total. The Morgan fingerprint density at radius 2 is 1.69 bits per heavy atom. The van der Waals surface area contributed by atoms with Gasteiger partial charge in [0.05, 0.1) is 31.7 Å². The number of rotatable bonds is 12. The summed E-state index contributed by atoms with van der Waals surface area (Å²) in [5, 5.41) is 11.5. The maximum absolute atomic E-state index is 13.7. The molecule has 4 N–H and O–H groups in total. The summed E-state index contributed by atoms with van der Waals surface area (Å²) in [7, 11) is 1.59. The van der Waals surface area contributed by atoms with Crippen LogP contribution in [0.3, 0.4) is 0 Å². The molecular weight excluding hydrogens is 624 g/mol. The van der Waals surface area contributed by atoms with Gasteiger partial charge in [0, 0.05) is 13.0 Å². The van der Waals surface area contributed by atoms with Crippen LogP contribution >= 0.6 is 0 Å². The van der Waals surface area contributed by atoms with Crippen molar-refractivity contribution in [3.05, 3.63) is 89.5 Å². The van der Waals surface area contributed by atoms with Crippen molar-refractivity contribution in [1.29, 1.82) is 0 Å². The zero-order valence-corrected chi connectivity index (χ0v) is 28.8. The van der Waals surface area contributed by atoms with Gasteiger partial charge in [-0.3, -0.25) is 19.2 Å². The molecule has 1 heterocycles. The van der Waals surface area contributed by atoms with Crippen molar-refractivity contribution < 1.29 is 33.4 Å². The molecule has 0 fully saturated rings. The fourth-order valence-corrected chi connectivity index (χ4v) is 5.72. The topological polar surface area (TPSA) is 144 Å². The molecule has 4 rings (SSSR count). The van der Waals surface area contributed by atoms with E-state index in [9.17, 15) is 19.2 Å². The number of carbonyl (C=O) groups excluding carboxylic acids is 4. The predicted octanol–water partition coefficient (Wildman–Crippen LogP) is 3.98. The Morgan fingerprint density at radius 1 is 0.939 bits per heavy atom. The van der Waals surface area contributed by atoms with E-state index in [1.54, 1.807) is 31.4 Å². The normalized spacial score (nSPS) is 18.6. The molecule has 1 aliphatic heterocycles. The molecule has 0 aliphatic carbocycles. The summed E-state index contributed by atoms with van der Waals surface area (Å²) in [5.74, 6) is -0.0992. The van der Waals surface area contributed by atoms with Gasteiger partial charge in [-0.25, -0.2) is 0 Å². The van der Waals surface area contributed by atoms with Gasteiger partial charge in [-0.15, -0.1) is 0 Å². The van der Waals surface area contributed by atoms with Crippen molar-refractivity contribution in [2.24, 2.45) is 5.92 Å². The predicted molar refractivity (Wildman–Crippen MR) is 187 cm³/mol. The van der Waals surface area contributed by atoms with Gasteiger partial charge < -0.3 is 35.5 Å². The fraction of sp³-hybridized carbons (Fsp3) is 0.421. The van der Waals surface area contributed by atoms with E-state index < -0.39 is 29.8 Å². The maximum atomic E-state index is 13.7. The summed E-state index contributed by atoms with van der Waals surface area (Å²) in [4.78, 5) is 54.2. The van der Waals surface area contributed by atoms with Crippen molar-refractivity contribution in [2.45, 2.75) is 71.0 Å². The van der Waals surface area contributed by atoms with Crippen LogP contribution in [0.1, 0.15) is 61.5 Å². The minimum atomic E-state index is -1.21. The van der Waals surface area contributed by atoms with Crippen LogP contribution in [0.25, 0.3) is 0 Å². The molecule has 0 bridgehead atoms. The third-order valence-corrected chi connectivity index (χ3v) is 8.09. The van der Waals surface area contributed by atoms with Gasteiger partial charge in [-0.2, -0.15) is 0 Å². The molecule has 11 heteroatoms. The van der Waals surface area contributed by atoms with Gasteiger partial charge in [-0.05, 0) is 67.5 Å². The molecule has 0 aromatic heterocycles. The summed E-state index contributed by atoms with van der Waals surface area (Å²) in [6, 6.07) is 19.3. The Balaban J connectivity index is 1.52. The monoisotopic (exact) mass is 672 g/mol. The number of nitrogens with one attached hydrogen (secondary N) is 4. The molecule has 0 spiro atoms. The zero-order valence-electron chi connectivity index (χ0n) is 28.8. The molecule has 3 atom stereocenters. The van der Waals surface area contributed by atoms with Crippen molar-refractivity contribution in [2.75, 3.05) is 26.9 Å². The number of benzene rings is 3. The standard InChI is InChI=1S/C38H48N4O7/c1-5-48-33-18-17-27(22-34(33)47-4)14-11-19-39-37(45)31-23-35(43)41-30(21-26-12-7-6-8-13-26)38(46)40-28(20-25(2)3)24-49-32-16-10-9-15-29(32)36(44)42-31/h6-10,12-13,15-18,22,25,28,30-31H,5,11,14,19-21,23-24H2,1-4H3,(H,39,45)(H,40,46)(H,41,43)(H,42,44)/t28-,30-,31+/m1/s1. The minimum absolute atomic E-state index is 0.115. The summed E-state index contributed by atoms with van der Waals surface area (Å²) < 4.78 is 17.1. The van der Waals surface area contributed by atoms with E-state index in [1.807, 2.05) is 69.3 Å². The molecule has 3 aromatic rings. The number of ether oxygens (including phenoxy) is 3. The Kier molecular flexibility index (Phi) is 13.9. The Bertz CT molecular complexity index is 1560.